The van der Waals surface area contributed by atoms with Crippen molar-refractivity contribution in [2.24, 2.45) is 5.41 Å². The number of piperidine rings is 1. The zero-order chi connectivity index (χ0) is 22.6. The summed E-state index contributed by atoms with van der Waals surface area (Å²) >= 11 is 5.85. The lowest BCUT2D eigenvalue weighted by atomic mass is 9.91. The number of nitrogens with one attached hydrogen (secondary N) is 3. The predicted octanol–water partition coefficient (Wildman–Crippen LogP) is 3.47. The smallest absolute Gasteiger partial charge is 0.274 e. The highest BCUT2D eigenvalue weighted by atomic mass is 35.5. The summed E-state index contributed by atoms with van der Waals surface area (Å²) in [5.41, 5.74) is 0.794. The Kier molecular flexibility index (Phi) is 7.00. The zero-order valence-corrected chi connectivity index (χ0v) is 18.8. The van der Waals surface area contributed by atoms with Gasteiger partial charge in [0.05, 0.1) is 5.69 Å². The van der Waals surface area contributed by atoms with Crippen molar-refractivity contribution in [1.29, 1.82) is 0 Å². The van der Waals surface area contributed by atoms with E-state index in [0.717, 1.165) is 0 Å². The van der Waals surface area contributed by atoms with E-state index in [4.69, 9.17) is 11.6 Å². The summed E-state index contributed by atoms with van der Waals surface area (Å²) < 4.78 is 0. The number of halogens is 1. The number of benzene rings is 1. The molecule has 9 heteroatoms. The minimum absolute atomic E-state index is 0.0467. The van der Waals surface area contributed by atoms with Crippen molar-refractivity contribution >= 4 is 35.0 Å². The lowest BCUT2D eigenvalue weighted by Crippen LogP contribution is -2.47. The van der Waals surface area contributed by atoms with E-state index in [2.05, 4.69) is 20.8 Å². The Bertz CT molecular complexity index is 941. The fourth-order valence-corrected chi connectivity index (χ4v) is 3.57. The Hall–Kier alpha value is -2.87. The summed E-state index contributed by atoms with van der Waals surface area (Å²) in [4.78, 5) is 39.4. The fourth-order valence-electron chi connectivity index (χ4n) is 3.45. The Labute approximate surface area is 186 Å². The molecule has 0 unspecified atom stereocenters. The molecule has 3 amide bonds. The molecule has 2 aromatic rings. The van der Waals surface area contributed by atoms with Crippen LogP contribution in [-0.4, -0.2) is 52.0 Å². The summed E-state index contributed by atoms with van der Waals surface area (Å²) in [6.45, 7) is 7.36. The topological polar surface area (TPSA) is 107 Å². The minimum atomic E-state index is -0.368. The number of likely N-dealkylation sites (tertiary alicyclic amines) is 1. The highest BCUT2D eigenvalue weighted by molar-refractivity contribution is 6.30. The first-order chi connectivity index (χ1) is 14.6. The van der Waals surface area contributed by atoms with Gasteiger partial charge in [-0.1, -0.05) is 32.4 Å². The highest BCUT2D eigenvalue weighted by Crippen LogP contribution is 2.22. The van der Waals surface area contributed by atoms with Crippen LogP contribution in [0.3, 0.4) is 0 Å². The quantitative estimate of drug-likeness (QED) is 0.654. The normalized spacial score (nSPS) is 14.9. The molecule has 166 valence electrons. The van der Waals surface area contributed by atoms with Crippen LogP contribution in [0.4, 0.5) is 5.69 Å². The molecule has 8 nitrogen and oxygen atoms in total. The molecule has 1 saturated heterocycles. The second-order valence-corrected chi connectivity index (χ2v) is 9.41. The number of hydrogen-bond acceptors (Lipinski definition) is 4. The summed E-state index contributed by atoms with van der Waals surface area (Å²) in [5.74, 6) is -0.582. The van der Waals surface area contributed by atoms with Crippen molar-refractivity contribution in [3.8, 4) is 0 Å². The van der Waals surface area contributed by atoms with Gasteiger partial charge in [0.25, 0.3) is 11.8 Å². The van der Waals surface area contributed by atoms with Crippen LogP contribution in [0.5, 0.6) is 0 Å². The maximum atomic E-state index is 12.7. The average Bonchev–Trinajstić information content (AvgIpc) is 3.16. The SMILES string of the molecule is CC(C)(C)CC(=O)N1CCC(NC(=O)c2n[nH]cc2NC(=O)c2ccc(Cl)cc2)CC1. The van der Waals surface area contributed by atoms with Crippen LogP contribution in [0, 0.1) is 5.41 Å². The van der Waals surface area contributed by atoms with Crippen LogP contribution in [-0.2, 0) is 4.79 Å². The first-order valence-electron chi connectivity index (χ1n) is 10.3. The van der Waals surface area contributed by atoms with E-state index in [0.29, 0.717) is 48.6 Å². The maximum Gasteiger partial charge on any atom is 0.274 e. The molecule has 1 aromatic carbocycles. The van der Waals surface area contributed by atoms with Crippen molar-refractivity contribution in [2.75, 3.05) is 18.4 Å². The number of carbonyl (C=O) groups excluding carboxylic acids is 3. The lowest BCUT2D eigenvalue weighted by molar-refractivity contribution is -0.134. The van der Waals surface area contributed by atoms with Crippen LogP contribution in [0.2, 0.25) is 5.02 Å². The van der Waals surface area contributed by atoms with E-state index in [9.17, 15) is 14.4 Å². The van der Waals surface area contributed by atoms with E-state index in [1.165, 1.54) is 6.20 Å². The molecule has 1 fully saturated rings. The van der Waals surface area contributed by atoms with Crippen molar-refractivity contribution in [2.45, 2.75) is 46.1 Å². The highest BCUT2D eigenvalue weighted by Gasteiger charge is 2.27. The lowest BCUT2D eigenvalue weighted by Gasteiger charge is -2.34. The number of carbonyl (C=O) groups is 3. The monoisotopic (exact) mass is 445 g/mol. The number of hydrogen-bond donors (Lipinski definition) is 3. The number of H-pyrrole nitrogens is 1. The summed E-state index contributed by atoms with van der Waals surface area (Å²) in [5, 5.41) is 12.8. The molecule has 3 rings (SSSR count). The van der Waals surface area contributed by atoms with Gasteiger partial charge in [0.15, 0.2) is 5.69 Å². The molecular formula is C22H28ClN5O3. The van der Waals surface area contributed by atoms with Crippen molar-refractivity contribution in [1.82, 2.24) is 20.4 Å². The second-order valence-electron chi connectivity index (χ2n) is 8.97. The van der Waals surface area contributed by atoms with Crippen molar-refractivity contribution in [3.63, 3.8) is 0 Å². The molecule has 0 atom stereocenters. The van der Waals surface area contributed by atoms with Gasteiger partial charge in [-0.25, -0.2) is 0 Å². The molecule has 31 heavy (non-hydrogen) atoms. The first-order valence-corrected chi connectivity index (χ1v) is 10.7. The summed E-state index contributed by atoms with van der Waals surface area (Å²) in [6.07, 6.45) is 3.33. The predicted molar refractivity (Wildman–Crippen MR) is 119 cm³/mol. The van der Waals surface area contributed by atoms with Crippen LogP contribution >= 0.6 is 11.6 Å². The number of rotatable bonds is 5. The van der Waals surface area contributed by atoms with Gasteiger partial charge < -0.3 is 15.5 Å². The van der Waals surface area contributed by atoms with E-state index < -0.39 is 0 Å². The van der Waals surface area contributed by atoms with Gasteiger partial charge in [-0.3, -0.25) is 19.5 Å². The molecule has 0 saturated carbocycles. The summed E-state index contributed by atoms with van der Waals surface area (Å²) in [7, 11) is 0. The van der Waals surface area contributed by atoms with Gasteiger partial charge >= 0.3 is 0 Å². The molecule has 1 aliphatic heterocycles. The van der Waals surface area contributed by atoms with Gasteiger partial charge in [0.2, 0.25) is 5.91 Å². The Morgan fingerprint density at radius 3 is 2.39 bits per heavy atom. The van der Waals surface area contributed by atoms with Crippen LogP contribution < -0.4 is 10.6 Å². The van der Waals surface area contributed by atoms with E-state index in [-0.39, 0.29) is 34.9 Å². The number of amides is 3. The number of aromatic amines is 1. The van der Waals surface area contributed by atoms with Gasteiger partial charge in [0, 0.05) is 42.3 Å². The van der Waals surface area contributed by atoms with Crippen molar-refractivity contribution in [3.05, 3.63) is 46.7 Å². The molecule has 0 radical (unpaired) electrons. The largest absolute Gasteiger partial charge is 0.348 e. The van der Waals surface area contributed by atoms with E-state index >= 15 is 0 Å². The standard InChI is InChI=1S/C22H28ClN5O3/c1-22(2,3)12-18(29)28-10-8-16(9-11-28)25-21(31)19-17(13-24-27-19)26-20(30)14-4-6-15(23)7-5-14/h4-7,13,16H,8-12H2,1-3H3,(H,24,27)(H,25,31)(H,26,30). The summed E-state index contributed by atoms with van der Waals surface area (Å²) in [6, 6.07) is 6.40. The Morgan fingerprint density at radius 2 is 1.77 bits per heavy atom. The van der Waals surface area contributed by atoms with Crippen molar-refractivity contribution < 1.29 is 14.4 Å². The van der Waals surface area contributed by atoms with Gasteiger partial charge in [-0.15, -0.1) is 0 Å². The van der Waals surface area contributed by atoms with Crippen LogP contribution in [0.1, 0.15) is 60.9 Å². The Morgan fingerprint density at radius 1 is 1.13 bits per heavy atom. The van der Waals surface area contributed by atoms with E-state index in [1.54, 1.807) is 24.3 Å². The number of nitrogens with zero attached hydrogens (tertiary/aromatic N) is 2. The zero-order valence-electron chi connectivity index (χ0n) is 18.0. The molecule has 1 aliphatic rings. The molecule has 3 N–H and O–H groups in total. The minimum Gasteiger partial charge on any atom is -0.348 e. The fraction of sp³-hybridized carbons (Fsp3) is 0.455. The number of aromatic nitrogens is 2. The van der Waals surface area contributed by atoms with Crippen LogP contribution in [0.25, 0.3) is 0 Å². The van der Waals surface area contributed by atoms with Crippen LogP contribution in [0.15, 0.2) is 30.5 Å². The van der Waals surface area contributed by atoms with Gasteiger partial charge in [-0.2, -0.15) is 5.10 Å². The molecule has 2 heterocycles. The third-order valence-corrected chi connectivity index (χ3v) is 5.33. The third-order valence-electron chi connectivity index (χ3n) is 5.07. The second kappa shape index (κ2) is 9.51. The van der Waals surface area contributed by atoms with E-state index in [1.807, 2.05) is 25.7 Å². The third kappa shape index (κ3) is 6.30. The first kappa shape index (κ1) is 22.8. The average molecular weight is 446 g/mol. The van der Waals surface area contributed by atoms with Gasteiger partial charge in [-0.05, 0) is 42.5 Å². The Balaban J connectivity index is 1.54. The molecule has 0 bridgehead atoms. The molecule has 1 aromatic heterocycles. The molecule has 0 spiro atoms. The maximum absolute atomic E-state index is 12.7. The number of anilines is 1. The van der Waals surface area contributed by atoms with Gasteiger partial charge in [0.1, 0.15) is 0 Å². The molecule has 0 aliphatic carbocycles. The molecular weight excluding hydrogens is 418 g/mol.